The molecule has 84 valence electrons. The van der Waals surface area contributed by atoms with E-state index in [2.05, 4.69) is 29.0 Å². The summed E-state index contributed by atoms with van der Waals surface area (Å²) in [6.07, 6.45) is 1.77. The van der Waals surface area contributed by atoms with E-state index in [1.54, 1.807) is 6.20 Å². The Morgan fingerprint density at radius 1 is 1.25 bits per heavy atom. The molecule has 0 aliphatic heterocycles. The van der Waals surface area contributed by atoms with Crippen molar-refractivity contribution in [3.63, 3.8) is 0 Å². The third-order valence-corrected chi connectivity index (χ3v) is 2.56. The Bertz CT molecular complexity index is 487. The number of pyridine rings is 1. The smallest absolute Gasteiger partial charge is 0.229 e. The van der Waals surface area contributed by atoms with Crippen LogP contribution in [0.2, 0.25) is 5.28 Å². The molecule has 4 nitrogen and oxygen atoms in total. The van der Waals surface area contributed by atoms with Crippen molar-refractivity contribution in [2.24, 2.45) is 0 Å². The fraction of sp³-hybridized carbons (Fsp3) is 0.364. The first-order chi connectivity index (χ1) is 7.59. The Kier molecular flexibility index (Phi) is 2.92. The van der Waals surface area contributed by atoms with Crippen molar-refractivity contribution in [3.8, 4) is 5.69 Å². The molecule has 2 rings (SSSR count). The van der Waals surface area contributed by atoms with Crippen molar-refractivity contribution in [2.45, 2.75) is 26.7 Å². The monoisotopic (exact) mass is 236 g/mol. The Labute approximate surface area is 99.3 Å². The fourth-order valence-corrected chi connectivity index (χ4v) is 1.70. The molecule has 0 bridgehead atoms. The lowest BCUT2D eigenvalue weighted by molar-refractivity contribution is 0.744. The molecule has 0 saturated heterocycles. The molecule has 0 fully saturated rings. The van der Waals surface area contributed by atoms with Gasteiger partial charge in [0.1, 0.15) is 5.82 Å². The first-order valence-electron chi connectivity index (χ1n) is 5.13. The molecule has 0 radical (unpaired) electrons. The number of aromatic nitrogens is 4. The molecule has 5 heteroatoms. The number of hydrogen-bond donors (Lipinski definition) is 0. The van der Waals surface area contributed by atoms with Gasteiger partial charge in [0.15, 0.2) is 0 Å². The topological polar surface area (TPSA) is 43.6 Å². The lowest BCUT2D eigenvalue weighted by atomic mass is 10.2. The highest BCUT2D eigenvalue weighted by atomic mass is 35.5. The van der Waals surface area contributed by atoms with E-state index in [0.29, 0.717) is 5.28 Å². The number of halogens is 1. The molecule has 0 aliphatic carbocycles. The molecule has 0 amide bonds. The van der Waals surface area contributed by atoms with Crippen molar-refractivity contribution in [3.05, 3.63) is 35.1 Å². The maximum Gasteiger partial charge on any atom is 0.229 e. The maximum absolute atomic E-state index is 6.02. The van der Waals surface area contributed by atoms with E-state index in [9.17, 15) is 0 Å². The first-order valence-corrected chi connectivity index (χ1v) is 5.51. The predicted molar refractivity (Wildman–Crippen MR) is 63.0 cm³/mol. The number of rotatable bonds is 2. The Balaban J connectivity index is 2.54. The average Bonchev–Trinajstić information content (AvgIpc) is 2.62. The van der Waals surface area contributed by atoms with Crippen molar-refractivity contribution < 1.29 is 0 Å². The predicted octanol–water partition coefficient (Wildman–Crippen LogP) is 2.75. The molecule has 16 heavy (non-hydrogen) atoms. The Morgan fingerprint density at radius 3 is 2.56 bits per heavy atom. The molecule has 2 heterocycles. The standard InChI is InChI=1S/C11H13ClN4/c1-7(2)10-14-15-11(12)16(10)9-5-4-8(3)13-6-9/h4-7H,1-3H3. The van der Waals surface area contributed by atoms with E-state index in [0.717, 1.165) is 17.2 Å². The van der Waals surface area contributed by atoms with Crippen LogP contribution in [-0.2, 0) is 0 Å². The van der Waals surface area contributed by atoms with Crippen LogP contribution in [-0.4, -0.2) is 19.7 Å². The van der Waals surface area contributed by atoms with E-state index in [-0.39, 0.29) is 5.92 Å². The molecule has 2 aromatic heterocycles. The quantitative estimate of drug-likeness (QED) is 0.805. The van der Waals surface area contributed by atoms with Crippen LogP contribution >= 0.6 is 11.6 Å². The Hall–Kier alpha value is -1.42. The third kappa shape index (κ3) is 1.93. The van der Waals surface area contributed by atoms with E-state index >= 15 is 0 Å². The summed E-state index contributed by atoms with van der Waals surface area (Å²) in [7, 11) is 0. The van der Waals surface area contributed by atoms with Gasteiger partial charge in [-0.1, -0.05) is 13.8 Å². The van der Waals surface area contributed by atoms with E-state index in [1.807, 2.05) is 23.6 Å². The number of nitrogens with zero attached hydrogens (tertiary/aromatic N) is 4. The second-order valence-corrected chi connectivity index (χ2v) is 4.31. The minimum absolute atomic E-state index is 0.265. The molecule has 0 atom stereocenters. The molecule has 0 unspecified atom stereocenters. The van der Waals surface area contributed by atoms with Gasteiger partial charge in [-0.15, -0.1) is 10.2 Å². The lowest BCUT2D eigenvalue weighted by Gasteiger charge is -2.09. The summed E-state index contributed by atoms with van der Waals surface area (Å²) in [6, 6.07) is 3.90. The van der Waals surface area contributed by atoms with Gasteiger partial charge < -0.3 is 0 Å². The molecule has 0 aromatic carbocycles. The second kappa shape index (κ2) is 4.22. The van der Waals surface area contributed by atoms with Gasteiger partial charge in [-0.3, -0.25) is 9.55 Å². The largest absolute Gasteiger partial charge is 0.268 e. The zero-order chi connectivity index (χ0) is 11.7. The fourth-order valence-electron chi connectivity index (χ4n) is 1.48. The normalized spacial score (nSPS) is 11.1. The summed E-state index contributed by atoms with van der Waals surface area (Å²) in [5.74, 6) is 1.11. The van der Waals surface area contributed by atoms with Gasteiger partial charge in [0, 0.05) is 11.6 Å². The van der Waals surface area contributed by atoms with E-state index < -0.39 is 0 Å². The van der Waals surface area contributed by atoms with E-state index in [4.69, 9.17) is 11.6 Å². The highest BCUT2D eigenvalue weighted by Crippen LogP contribution is 2.21. The van der Waals surface area contributed by atoms with Crippen molar-refractivity contribution in [2.75, 3.05) is 0 Å². The summed E-state index contributed by atoms with van der Waals surface area (Å²) in [5, 5.41) is 8.32. The SMILES string of the molecule is Cc1ccc(-n2c(Cl)nnc2C(C)C)cn1. The van der Waals surface area contributed by atoms with Crippen LogP contribution in [0.25, 0.3) is 5.69 Å². The van der Waals surface area contributed by atoms with Crippen molar-refractivity contribution in [1.29, 1.82) is 0 Å². The lowest BCUT2D eigenvalue weighted by Crippen LogP contribution is -2.03. The van der Waals surface area contributed by atoms with Gasteiger partial charge >= 0.3 is 0 Å². The third-order valence-electron chi connectivity index (χ3n) is 2.32. The minimum Gasteiger partial charge on any atom is -0.268 e. The van der Waals surface area contributed by atoms with Crippen LogP contribution in [0.1, 0.15) is 31.3 Å². The first kappa shape index (κ1) is 11.1. The summed E-state index contributed by atoms with van der Waals surface area (Å²) in [6.45, 7) is 6.05. The second-order valence-electron chi connectivity index (χ2n) is 3.98. The summed E-state index contributed by atoms with van der Waals surface area (Å²) in [4.78, 5) is 4.24. The van der Waals surface area contributed by atoms with Crippen LogP contribution in [0, 0.1) is 6.92 Å². The minimum atomic E-state index is 0.265. The van der Waals surface area contributed by atoms with Crippen LogP contribution in [0.15, 0.2) is 18.3 Å². The van der Waals surface area contributed by atoms with Gasteiger partial charge in [0.2, 0.25) is 5.28 Å². The highest BCUT2D eigenvalue weighted by Gasteiger charge is 2.14. The van der Waals surface area contributed by atoms with Gasteiger partial charge in [-0.25, -0.2) is 0 Å². The summed E-state index contributed by atoms with van der Waals surface area (Å²) in [5.41, 5.74) is 1.86. The van der Waals surface area contributed by atoms with Crippen LogP contribution in [0.5, 0.6) is 0 Å². The van der Waals surface area contributed by atoms with Gasteiger partial charge in [0.05, 0.1) is 11.9 Å². The van der Waals surface area contributed by atoms with Crippen LogP contribution in [0.3, 0.4) is 0 Å². The summed E-state index contributed by atoms with van der Waals surface area (Å²) >= 11 is 6.02. The highest BCUT2D eigenvalue weighted by molar-refractivity contribution is 6.28. The van der Waals surface area contributed by atoms with Gasteiger partial charge in [-0.05, 0) is 30.7 Å². The van der Waals surface area contributed by atoms with Gasteiger partial charge in [-0.2, -0.15) is 0 Å². The zero-order valence-electron chi connectivity index (χ0n) is 9.48. The molecule has 0 saturated carbocycles. The number of hydrogen-bond acceptors (Lipinski definition) is 3. The molecule has 0 aliphatic rings. The van der Waals surface area contributed by atoms with Crippen LogP contribution in [0.4, 0.5) is 0 Å². The number of aryl methyl sites for hydroxylation is 1. The van der Waals surface area contributed by atoms with Crippen molar-refractivity contribution in [1.82, 2.24) is 19.7 Å². The summed E-state index contributed by atoms with van der Waals surface area (Å²) < 4.78 is 1.82. The molecule has 0 N–H and O–H groups in total. The molecular formula is C11H13ClN4. The van der Waals surface area contributed by atoms with E-state index in [1.165, 1.54) is 0 Å². The molecular weight excluding hydrogens is 224 g/mol. The van der Waals surface area contributed by atoms with Crippen LogP contribution < -0.4 is 0 Å². The average molecular weight is 237 g/mol. The zero-order valence-corrected chi connectivity index (χ0v) is 10.2. The Morgan fingerprint density at radius 2 is 2.00 bits per heavy atom. The maximum atomic E-state index is 6.02. The van der Waals surface area contributed by atoms with Crippen molar-refractivity contribution >= 4 is 11.6 Å². The molecule has 0 spiro atoms. The molecule has 2 aromatic rings. The van der Waals surface area contributed by atoms with Gasteiger partial charge in [0.25, 0.3) is 0 Å².